The summed E-state index contributed by atoms with van der Waals surface area (Å²) in [6.07, 6.45) is 0. The number of rotatable bonds is 4. The number of hydrogen-bond donors (Lipinski definition) is 1. The molecule has 1 unspecified atom stereocenters. The van der Waals surface area contributed by atoms with Gasteiger partial charge in [-0.1, -0.05) is 0 Å². The molecular weight excluding hydrogens is 316 g/mol. The van der Waals surface area contributed by atoms with Crippen LogP contribution in [0.1, 0.15) is 17.3 Å². The molecule has 6 heteroatoms. The van der Waals surface area contributed by atoms with Crippen LogP contribution < -0.4 is 15.2 Å². The maximum Gasteiger partial charge on any atom is 0.141 e. The zero-order chi connectivity index (χ0) is 13.1. The quantitative estimate of drug-likeness (QED) is 0.937. The molecule has 0 amide bonds. The minimum Gasteiger partial charge on any atom is -0.495 e. The zero-order valence-electron chi connectivity index (χ0n) is 10.0. The molecule has 96 valence electrons. The van der Waals surface area contributed by atoms with Gasteiger partial charge in [-0.25, -0.2) is 4.98 Å². The second-order valence-electron chi connectivity index (χ2n) is 3.60. The minimum atomic E-state index is -0.312. The average molecular weight is 329 g/mol. The van der Waals surface area contributed by atoms with Crippen LogP contribution in [0.3, 0.4) is 0 Å². The SMILES string of the molecule is COc1ccc(C(N)c2cscn2)c(OC)c1Br. The van der Waals surface area contributed by atoms with Crippen LogP contribution in [-0.2, 0) is 0 Å². The third kappa shape index (κ3) is 2.36. The number of benzene rings is 1. The molecule has 1 heterocycles. The molecule has 0 saturated heterocycles. The highest BCUT2D eigenvalue weighted by molar-refractivity contribution is 9.10. The standard InChI is InChI=1S/C12H13BrN2O2S/c1-16-9-4-3-7(12(17-2)10(9)13)11(14)8-5-18-6-15-8/h3-6,11H,14H2,1-2H3. The largest absolute Gasteiger partial charge is 0.495 e. The number of methoxy groups -OCH3 is 2. The number of nitrogens with zero attached hydrogens (tertiary/aromatic N) is 1. The minimum absolute atomic E-state index is 0.312. The Balaban J connectivity index is 2.48. The van der Waals surface area contributed by atoms with Gasteiger partial charge in [0.25, 0.3) is 0 Å². The highest BCUT2D eigenvalue weighted by Gasteiger charge is 2.20. The molecule has 2 aromatic rings. The summed E-state index contributed by atoms with van der Waals surface area (Å²) in [6.45, 7) is 0. The Bertz CT molecular complexity index is 531. The molecule has 0 saturated carbocycles. The Labute approximate surface area is 118 Å². The van der Waals surface area contributed by atoms with E-state index in [1.54, 1.807) is 19.7 Å². The van der Waals surface area contributed by atoms with Crippen LogP contribution in [0.2, 0.25) is 0 Å². The molecule has 1 aromatic heterocycles. The molecule has 0 aliphatic heterocycles. The van der Waals surface area contributed by atoms with Crippen molar-refractivity contribution in [1.82, 2.24) is 4.98 Å². The molecule has 4 nitrogen and oxygen atoms in total. The van der Waals surface area contributed by atoms with Crippen molar-refractivity contribution in [3.05, 3.63) is 38.8 Å². The Morgan fingerprint density at radius 3 is 2.67 bits per heavy atom. The average Bonchev–Trinajstić information content (AvgIpc) is 2.91. The summed E-state index contributed by atoms with van der Waals surface area (Å²) in [6, 6.07) is 3.44. The van der Waals surface area contributed by atoms with Crippen molar-refractivity contribution >= 4 is 27.3 Å². The van der Waals surface area contributed by atoms with Crippen LogP contribution in [0.5, 0.6) is 11.5 Å². The summed E-state index contributed by atoms with van der Waals surface area (Å²) < 4.78 is 11.4. The fraction of sp³-hybridized carbons (Fsp3) is 0.250. The van der Waals surface area contributed by atoms with E-state index in [1.807, 2.05) is 17.5 Å². The van der Waals surface area contributed by atoms with Crippen molar-refractivity contribution < 1.29 is 9.47 Å². The Morgan fingerprint density at radius 2 is 2.11 bits per heavy atom. The summed E-state index contributed by atoms with van der Waals surface area (Å²) in [4.78, 5) is 4.23. The van der Waals surface area contributed by atoms with Crippen LogP contribution in [-0.4, -0.2) is 19.2 Å². The Kier molecular flexibility index (Phi) is 4.21. The number of thiazole rings is 1. The second-order valence-corrected chi connectivity index (χ2v) is 5.11. The van der Waals surface area contributed by atoms with Gasteiger partial charge in [-0.15, -0.1) is 11.3 Å². The van der Waals surface area contributed by atoms with Crippen LogP contribution in [0.15, 0.2) is 27.5 Å². The van der Waals surface area contributed by atoms with E-state index < -0.39 is 0 Å². The van der Waals surface area contributed by atoms with Gasteiger partial charge in [-0.3, -0.25) is 0 Å². The van der Waals surface area contributed by atoms with Gasteiger partial charge >= 0.3 is 0 Å². The zero-order valence-corrected chi connectivity index (χ0v) is 12.4. The highest BCUT2D eigenvalue weighted by atomic mass is 79.9. The van der Waals surface area contributed by atoms with Crippen molar-refractivity contribution in [2.24, 2.45) is 5.73 Å². The lowest BCUT2D eigenvalue weighted by atomic mass is 10.0. The predicted octanol–water partition coefficient (Wildman–Crippen LogP) is 2.97. The van der Waals surface area contributed by atoms with Gasteiger partial charge in [-0.2, -0.15) is 0 Å². The fourth-order valence-corrected chi connectivity index (χ4v) is 2.97. The van der Waals surface area contributed by atoms with Crippen molar-refractivity contribution in [3.8, 4) is 11.5 Å². The van der Waals surface area contributed by atoms with Crippen LogP contribution in [0.25, 0.3) is 0 Å². The number of nitrogens with two attached hydrogens (primary N) is 1. The molecule has 2 N–H and O–H groups in total. The van der Waals surface area contributed by atoms with Crippen molar-refractivity contribution in [2.75, 3.05) is 14.2 Å². The predicted molar refractivity (Wildman–Crippen MR) is 75.4 cm³/mol. The number of ether oxygens (including phenoxy) is 2. The molecule has 2 rings (SSSR count). The van der Waals surface area contributed by atoms with Gasteiger partial charge in [0.15, 0.2) is 0 Å². The van der Waals surface area contributed by atoms with Crippen molar-refractivity contribution in [3.63, 3.8) is 0 Å². The van der Waals surface area contributed by atoms with Crippen molar-refractivity contribution in [2.45, 2.75) is 6.04 Å². The van der Waals surface area contributed by atoms with Crippen LogP contribution >= 0.6 is 27.3 Å². The first kappa shape index (κ1) is 13.3. The maximum atomic E-state index is 6.20. The summed E-state index contributed by atoms with van der Waals surface area (Å²) in [5.74, 6) is 1.39. The molecule has 0 radical (unpaired) electrons. The molecule has 0 bridgehead atoms. The summed E-state index contributed by atoms with van der Waals surface area (Å²) in [5.41, 5.74) is 9.66. The van der Waals surface area contributed by atoms with E-state index >= 15 is 0 Å². The number of aromatic nitrogens is 1. The Morgan fingerprint density at radius 1 is 1.33 bits per heavy atom. The first-order valence-electron chi connectivity index (χ1n) is 5.23. The number of halogens is 1. The first-order chi connectivity index (χ1) is 8.69. The van der Waals surface area contributed by atoms with Gasteiger partial charge in [-0.05, 0) is 28.1 Å². The van der Waals surface area contributed by atoms with Gasteiger partial charge in [0, 0.05) is 10.9 Å². The molecule has 1 aromatic carbocycles. The molecule has 0 aliphatic rings. The number of hydrogen-bond acceptors (Lipinski definition) is 5. The normalized spacial score (nSPS) is 12.2. The monoisotopic (exact) mass is 328 g/mol. The highest BCUT2D eigenvalue weighted by Crippen LogP contribution is 2.40. The van der Waals surface area contributed by atoms with Gasteiger partial charge in [0.1, 0.15) is 16.0 Å². The molecule has 0 aliphatic carbocycles. The topological polar surface area (TPSA) is 57.4 Å². The Hall–Kier alpha value is -1.11. The van der Waals surface area contributed by atoms with Crippen LogP contribution in [0.4, 0.5) is 0 Å². The fourth-order valence-electron chi connectivity index (χ4n) is 1.70. The van der Waals surface area contributed by atoms with E-state index in [2.05, 4.69) is 20.9 Å². The molecule has 1 atom stereocenters. The van der Waals surface area contributed by atoms with E-state index in [0.29, 0.717) is 11.5 Å². The smallest absolute Gasteiger partial charge is 0.141 e. The van der Waals surface area contributed by atoms with Gasteiger partial charge in [0.2, 0.25) is 0 Å². The molecule has 0 spiro atoms. The third-order valence-corrected chi connectivity index (χ3v) is 3.98. The molecule has 0 fully saturated rings. The molecule has 18 heavy (non-hydrogen) atoms. The first-order valence-corrected chi connectivity index (χ1v) is 6.96. The second kappa shape index (κ2) is 5.69. The summed E-state index contributed by atoms with van der Waals surface area (Å²) in [5, 5.41) is 1.93. The van der Waals surface area contributed by atoms with E-state index in [0.717, 1.165) is 15.7 Å². The molecular formula is C12H13BrN2O2S. The lowest BCUT2D eigenvalue weighted by Gasteiger charge is -2.17. The lowest BCUT2D eigenvalue weighted by molar-refractivity contribution is 0.385. The summed E-state index contributed by atoms with van der Waals surface area (Å²) in [7, 11) is 3.22. The van der Waals surface area contributed by atoms with Crippen molar-refractivity contribution in [1.29, 1.82) is 0 Å². The summed E-state index contributed by atoms with van der Waals surface area (Å²) >= 11 is 4.98. The lowest BCUT2D eigenvalue weighted by Crippen LogP contribution is -2.13. The van der Waals surface area contributed by atoms with E-state index in [1.165, 1.54) is 11.3 Å². The maximum absolute atomic E-state index is 6.20. The van der Waals surface area contributed by atoms with Gasteiger partial charge in [0.05, 0.1) is 31.5 Å². The van der Waals surface area contributed by atoms with E-state index in [4.69, 9.17) is 15.2 Å². The van der Waals surface area contributed by atoms with E-state index in [-0.39, 0.29) is 6.04 Å². The van der Waals surface area contributed by atoms with Gasteiger partial charge < -0.3 is 15.2 Å². The van der Waals surface area contributed by atoms with E-state index in [9.17, 15) is 0 Å². The third-order valence-electron chi connectivity index (χ3n) is 2.62. The van der Waals surface area contributed by atoms with Crippen LogP contribution in [0, 0.1) is 0 Å².